The Kier molecular flexibility index (Phi) is 8.42. The van der Waals surface area contributed by atoms with Gasteiger partial charge in [-0.15, -0.1) is 0 Å². The molecule has 1 aromatic heterocycles. The van der Waals surface area contributed by atoms with E-state index >= 15 is 0 Å². The first-order valence-corrected chi connectivity index (χ1v) is 8.93. The second-order valence-corrected chi connectivity index (χ2v) is 5.11. The van der Waals surface area contributed by atoms with Crippen LogP contribution < -0.4 is 5.43 Å². The molecule has 0 atom stereocenters. The minimum atomic E-state index is 0.0314. The number of allylic oxidation sites excluding steroid dienone is 1. The highest BCUT2D eigenvalue weighted by Gasteiger charge is 2.09. The lowest BCUT2D eigenvalue weighted by Crippen LogP contribution is -2.07. The molecule has 2 nitrogen and oxygen atoms in total. The van der Waals surface area contributed by atoms with Gasteiger partial charge in [0.15, 0.2) is 5.43 Å². The van der Waals surface area contributed by atoms with E-state index in [1.165, 1.54) is 0 Å². The SMILES string of the molecule is C/C(=C\c1oc2ccccc2c(=O)c1C)c1ccccc1.CC.CC. The molecule has 0 saturated carbocycles. The molecule has 0 N–H and O–H groups in total. The maximum Gasteiger partial charge on any atom is 0.196 e. The Balaban J connectivity index is 0.000000730. The van der Waals surface area contributed by atoms with Gasteiger partial charge in [-0.3, -0.25) is 4.79 Å². The van der Waals surface area contributed by atoms with Crippen LogP contribution in [0.15, 0.2) is 63.8 Å². The Morgan fingerprint density at radius 3 is 2.08 bits per heavy atom. The molecule has 1 heterocycles. The molecule has 0 spiro atoms. The van der Waals surface area contributed by atoms with Crippen molar-refractivity contribution in [3.05, 3.63) is 81.7 Å². The van der Waals surface area contributed by atoms with Gasteiger partial charge in [0.05, 0.1) is 5.39 Å². The van der Waals surface area contributed by atoms with Crippen LogP contribution in [0, 0.1) is 6.92 Å². The maximum absolute atomic E-state index is 12.4. The fourth-order valence-corrected chi connectivity index (χ4v) is 2.37. The van der Waals surface area contributed by atoms with Crippen LogP contribution in [0.25, 0.3) is 22.6 Å². The molecule has 0 aliphatic carbocycles. The minimum Gasteiger partial charge on any atom is -0.456 e. The molecular weight excluding hydrogens is 308 g/mol. The summed E-state index contributed by atoms with van der Waals surface area (Å²) in [7, 11) is 0. The summed E-state index contributed by atoms with van der Waals surface area (Å²) in [5, 5.41) is 0.629. The monoisotopic (exact) mass is 336 g/mol. The zero-order valence-electron chi connectivity index (χ0n) is 16.1. The van der Waals surface area contributed by atoms with Gasteiger partial charge in [-0.25, -0.2) is 0 Å². The van der Waals surface area contributed by atoms with Crippen LogP contribution in [-0.4, -0.2) is 0 Å². The van der Waals surface area contributed by atoms with Gasteiger partial charge in [-0.1, -0.05) is 70.2 Å². The smallest absolute Gasteiger partial charge is 0.196 e. The number of hydrogen-bond donors (Lipinski definition) is 0. The van der Waals surface area contributed by atoms with Gasteiger partial charge in [-0.2, -0.15) is 0 Å². The second-order valence-electron chi connectivity index (χ2n) is 5.11. The van der Waals surface area contributed by atoms with E-state index in [-0.39, 0.29) is 5.43 Å². The van der Waals surface area contributed by atoms with Gasteiger partial charge in [0.2, 0.25) is 0 Å². The van der Waals surface area contributed by atoms with Crippen LogP contribution in [0.2, 0.25) is 0 Å². The van der Waals surface area contributed by atoms with Crippen molar-refractivity contribution in [2.45, 2.75) is 41.5 Å². The van der Waals surface area contributed by atoms with Crippen LogP contribution in [0.5, 0.6) is 0 Å². The quantitative estimate of drug-likeness (QED) is 0.520. The van der Waals surface area contributed by atoms with Crippen molar-refractivity contribution in [2.24, 2.45) is 0 Å². The lowest BCUT2D eigenvalue weighted by molar-refractivity contribution is 0.585. The molecule has 25 heavy (non-hydrogen) atoms. The Morgan fingerprint density at radius 1 is 0.880 bits per heavy atom. The van der Waals surface area contributed by atoms with E-state index in [1.54, 1.807) is 6.07 Å². The summed E-state index contributed by atoms with van der Waals surface area (Å²) in [6.45, 7) is 11.8. The van der Waals surface area contributed by atoms with Crippen LogP contribution in [0.1, 0.15) is 51.5 Å². The molecule has 0 unspecified atom stereocenters. The standard InChI is InChI=1S/C19H16O2.2C2H6/c1-13(15-8-4-3-5-9-15)12-18-14(2)19(20)16-10-6-7-11-17(16)21-18;2*1-2/h3-12H,1-2H3;2*1-2H3/b13-12+;;. The number of fused-ring (bicyclic) bond motifs is 1. The summed E-state index contributed by atoms with van der Waals surface area (Å²) >= 11 is 0. The highest BCUT2D eigenvalue weighted by atomic mass is 16.3. The Hall–Kier alpha value is -2.61. The van der Waals surface area contributed by atoms with Crippen molar-refractivity contribution < 1.29 is 4.42 Å². The topological polar surface area (TPSA) is 30.2 Å². The highest BCUT2D eigenvalue weighted by Crippen LogP contribution is 2.21. The molecule has 0 bridgehead atoms. The van der Waals surface area contributed by atoms with Crippen LogP contribution in [0.4, 0.5) is 0 Å². The summed E-state index contributed by atoms with van der Waals surface area (Å²) in [6, 6.07) is 17.4. The zero-order valence-corrected chi connectivity index (χ0v) is 16.1. The number of para-hydroxylation sites is 1. The first-order valence-electron chi connectivity index (χ1n) is 8.93. The Morgan fingerprint density at radius 2 is 1.44 bits per heavy atom. The average Bonchev–Trinajstić information content (AvgIpc) is 2.69. The third kappa shape index (κ3) is 4.93. The van der Waals surface area contributed by atoms with E-state index in [0.717, 1.165) is 11.1 Å². The second kappa shape index (κ2) is 10.3. The normalized spacial score (nSPS) is 10.4. The first kappa shape index (κ1) is 20.4. The van der Waals surface area contributed by atoms with Gasteiger partial charge >= 0.3 is 0 Å². The highest BCUT2D eigenvalue weighted by molar-refractivity contribution is 5.83. The Labute approximate surface area is 150 Å². The van der Waals surface area contributed by atoms with Crippen molar-refractivity contribution in [1.29, 1.82) is 0 Å². The molecule has 0 amide bonds. The van der Waals surface area contributed by atoms with Crippen molar-refractivity contribution in [1.82, 2.24) is 0 Å². The fourth-order valence-electron chi connectivity index (χ4n) is 2.37. The van der Waals surface area contributed by atoms with Crippen LogP contribution in [0.3, 0.4) is 0 Å². The van der Waals surface area contributed by atoms with Gasteiger partial charge in [-0.05, 0) is 43.2 Å². The van der Waals surface area contributed by atoms with Crippen LogP contribution >= 0.6 is 0 Å². The molecule has 0 radical (unpaired) electrons. The lowest BCUT2D eigenvalue weighted by atomic mass is 10.0. The van der Waals surface area contributed by atoms with Crippen LogP contribution in [-0.2, 0) is 0 Å². The summed E-state index contributed by atoms with van der Waals surface area (Å²) < 4.78 is 5.89. The van der Waals surface area contributed by atoms with E-state index in [0.29, 0.717) is 22.3 Å². The molecule has 132 valence electrons. The van der Waals surface area contributed by atoms with E-state index in [1.807, 2.05) is 96.1 Å². The molecule has 2 heteroatoms. The van der Waals surface area contributed by atoms with Crippen molar-refractivity contribution in [3.8, 4) is 0 Å². The van der Waals surface area contributed by atoms with Gasteiger partial charge < -0.3 is 4.42 Å². The predicted octanol–water partition coefficient (Wildman–Crippen LogP) is 6.71. The minimum absolute atomic E-state index is 0.0314. The van der Waals surface area contributed by atoms with Crippen molar-refractivity contribution in [3.63, 3.8) is 0 Å². The molecule has 0 aliphatic heterocycles. The van der Waals surface area contributed by atoms with Gasteiger partial charge in [0.1, 0.15) is 11.3 Å². The van der Waals surface area contributed by atoms with Crippen molar-refractivity contribution in [2.75, 3.05) is 0 Å². The summed E-state index contributed by atoms with van der Waals surface area (Å²) in [6.07, 6.45) is 1.93. The third-order valence-corrected chi connectivity index (χ3v) is 3.64. The third-order valence-electron chi connectivity index (χ3n) is 3.64. The maximum atomic E-state index is 12.4. The zero-order chi connectivity index (χ0) is 18.8. The van der Waals surface area contributed by atoms with E-state index in [9.17, 15) is 4.79 Å². The summed E-state index contributed by atoms with van der Waals surface area (Å²) in [4.78, 5) is 12.4. The first-order chi connectivity index (χ1) is 12.2. The lowest BCUT2D eigenvalue weighted by Gasteiger charge is -2.05. The van der Waals surface area contributed by atoms with Crippen molar-refractivity contribution >= 4 is 22.6 Å². The van der Waals surface area contributed by atoms with Gasteiger partial charge in [0, 0.05) is 5.56 Å². The molecule has 3 rings (SSSR count). The predicted molar refractivity (Wildman–Crippen MR) is 110 cm³/mol. The van der Waals surface area contributed by atoms with E-state index in [4.69, 9.17) is 4.42 Å². The Bertz CT molecular complexity index is 871. The molecule has 0 saturated heterocycles. The number of hydrogen-bond acceptors (Lipinski definition) is 2. The molecule has 3 aromatic rings. The molecular formula is C23H28O2. The average molecular weight is 336 g/mol. The van der Waals surface area contributed by atoms with E-state index in [2.05, 4.69) is 0 Å². The van der Waals surface area contributed by atoms with E-state index < -0.39 is 0 Å². The number of rotatable bonds is 2. The van der Waals surface area contributed by atoms with Gasteiger partial charge in [0.25, 0.3) is 0 Å². The largest absolute Gasteiger partial charge is 0.456 e. The number of benzene rings is 2. The fraction of sp³-hybridized carbons (Fsp3) is 0.261. The summed E-state index contributed by atoms with van der Waals surface area (Å²) in [5.74, 6) is 0.625. The molecule has 0 aliphatic rings. The summed E-state index contributed by atoms with van der Waals surface area (Å²) in [5.41, 5.74) is 3.48. The molecule has 2 aromatic carbocycles. The molecule has 0 fully saturated rings.